The number of hydrogen-bond donors (Lipinski definition) is 9. The maximum Gasteiger partial charge on any atom is 0.187 e. The Hall–Kier alpha value is -1.04. The van der Waals surface area contributed by atoms with Crippen LogP contribution in [0.25, 0.3) is 0 Å². The van der Waals surface area contributed by atoms with Gasteiger partial charge in [0.1, 0.15) is 48.8 Å². The van der Waals surface area contributed by atoms with Crippen molar-refractivity contribution < 1.29 is 64.9 Å². The van der Waals surface area contributed by atoms with Gasteiger partial charge in [0.25, 0.3) is 0 Å². The summed E-state index contributed by atoms with van der Waals surface area (Å²) in [5, 5.41) is 94.9. The van der Waals surface area contributed by atoms with E-state index in [0.29, 0.717) is 12.8 Å². The van der Waals surface area contributed by atoms with E-state index in [2.05, 4.69) is 26.5 Å². The van der Waals surface area contributed by atoms with Crippen molar-refractivity contribution in [2.24, 2.45) is 28.1 Å². The van der Waals surface area contributed by atoms with Gasteiger partial charge in [-0.05, 0) is 54.8 Å². The molecule has 2 saturated heterocycles. The van der Waals surface area contributed by atoms with E-state index in [9.17, 15) is 46.0 Å². The van der Waals surface area contributed by atoms with Gasteiger partial charge in [0, 0.05) is 5.41 Å². The molecule has 9 N–H and O–H groups in total. The summed E-state index contributed by atoms with van der Waals surface area (Å²) in [6.07, 6.45) is -9.76. The van der Waals surface area contributed by atoms with Gasteiger partial charge in [0.15, 0.2) is 12.6 Å². The van der Waals surface area contributed by atoms with E-state index in [1.807, 2.05) is 13.0 Å². The fraction of sp³-hybridized carbons (Fsp3) is 0.875. The zero-order chi connectivity index (χ0) is 33.1. The second kappa shape index (κ2) is 13.1. The van der Waals surface area contributed by atoms with Crippen LogP contribution in [-0.4, -0.2) is 139 Å². The summed E-state index contributed by atoms with van der Waals surface area (Å²) in [4.78, 5) is 0. The molecule has 2 saturated carbocycles. The molecule has 0 aromatic heterocycles. The molecule has 0 spiro atoms. The molecule has 13 heteroatoms. The molecule has 2 aliphatic heterocycles. The Morgan fingerprint density at radius 2 is 1.49 bits per heavy atom. The molecular weight excluding hydrogens is 592 g/mol. The lowest BCUT2D eigenvalue weighted by Crippen LogP contribution is -2.67. The lowest BCUT2D eigenvalue weighted by molar-refractivity contribution is -0.372. The van der Waals surface area contributed by atoms with Crippen molar-refractivity contribution in [1.82, 2.24) is 0 Å². The van der Waals surface area contributed by atoms with Crippen LogP contribution in [0.15, 0.2) is 24.3 Å². The first-order chi connectivity index (χ1) is 21.2. The van der Waals surface area contributed by atoms with Crippen molar-refractivity contribution in [3.05, 3.63) is 24.3 Å². The smallest absolute Gasteiger partial charge is 0.187 e. The number of fused-ring (bicyclic) bond motifs is 3. The minimum atomic E-state index is -1.78. The van der Waals surface area contributed by atoms with Crippen LogP contribution in [0.5, 0.6) is 0 Å². The summed E-state index contributed by atoms with van der Waals surface area (Å²) in [5.74, 6) is 0.148. The van der Waals surface area contributed by atoms with Crippen LogP contribution in [0, 0.1) is 28.1 Å². The van der Waals surface area contributed by atoms with Crippen LogP contribution < -0.4 is 0 Å². The third-order valence-corrected chi connectivity index (χ3v) is 11.8. The number of allylic oxidation sites excluding steroid dienone is 3. The highest BCUT2D eigenvalue weighted by Gasteiger charge is 2.63. The molecule has 0 aromatic carbocycles. The summed E-state index contributed by atoms with van der Waals surface area (Å²) in [7, 11) is 0. The normalized spacial score (nSPS) is 53.6. The molecule has 17 atom stereocenters. The number of ether oxygens (including phenoxy) is 4. The molecule has 0 aromatic rings. The Morgan fingerprint density at radius 3 is 2.11 bits per heavy atom. The monoisotopic (exact) mass is 644 g/mol. The highest BCUT2D eigenvalue weighted by atomic mass is 16.7. The first kappa shape index (κ1) is 35.3. The van der Waals surface area contributed by atoms with Crippen LogP contribution in [0.4, 0.5) is 0 Å². The highest BCUT2D eigenvalue weighted by molar-refractivity contribution is 5.26. The molecule has 2 heterocycles. The lowest BCUT2D eigenvalue weighted by atomic mass is 9.44. The molecule has 258 valence electrons. The molecular formula is C32H52O13. The topological polar surface area (TPSA) is 219 Å². The van der Waals surface area contributed by atoms with Crippen molar-refractivity contribution in [2.75, 3.05) is 19.8 Å². The van der Waals surface area contributed by atoms with Gasteiger partial charge >= 0.3 is 0 Å². The molecule has 0 unspecified atom stereocenters. The molecule has 0 amide bonds. The minimum absolute atomic E-state index is 0.0215. The van der Waals surface area contributed by atoms with E-state index in [1.165, 1.54) is 5.57 Å². The lowest BCUT2D eigenvalue weighted by Gasteiger charge is -2.63. The third kappa shape index (κ3) is 5.96. The van der Waals surface area contributed by atoms with E-state index in [1.54, 1.807) is 0 Å². The number of hydrogen-bond acceptors (Lipinski definition) is 13. The van der Waals surface area contributed by atoms with Gasteiger partial charge in [-0.15, -0.1) is 6.58 Å². The molecule has 0 radical (unpaired) electrons. The Kier molecular flexibility index (Phi) is 10.3. The third-order valence-electron chi connectivity index (χ3n) is 11.8. The first-order valence-electron chi connectivity index (χ1n) is 16.0. The van der Waals surface area contributed by atoms with Gasteiger partial charge in [-0.1, -0.05) is 38.5 Å². The standard InChI is InChI=1S/C32H52O13/c1-5-30(2)9-8-16-15(10-30)6-7-20-31(16,3)11-17(36)27(32(20,4)14-35)45-29-25(41)23(39)26(19(13-34)43-29)44-28-24(40)22(38)21(37)18(12-33)42-28/h5-6,16-29,33-41H,1,7-14H2,2-4H3/t16-,17+,18+,19+,20+,21+,22-,23-,24+,25-,26+,27-,28+,29-,30-,31+,32+/m0/s1. The summed E-state index contributed by atoms with van der Waals surface area (Å²) >= 11 is 0. The second-order valence-corrected chi connectivity index (χ2v) is 14.7. The Balaban J connectivity index is 1.34. The maximum atomic E-state index is 11.6. The van der Waals surface area contributed by atoms with Crippen LogP contribution in [0.2, 0.25) is 0 Å². The van der Waals surface area contributed by atoms with Crippen LogP contribution in [0.3, 0.4) is 0 Å². The van der Waals surface area contributed by atoms with Gasteiger partial charge in [0.05, 0.1) is 32.0 Å². The molecule has 4 fully saturated rings. The van der Waals surface area contributed by atoms with Crippen molar-refractivity contribution >= 4 is 0 Å². The number of aliphatic hydroxyl groups is 9. The Morgan fingerprint density at radius 1 is 0.867 bits per heavy atom. The molecule has 5 rings (SSSR count). The molecule has 45 heavy (non-hydrogen) atoms. The van der Waals surface area contributed by atoms with Gasteiger partial charge in [-0.2, -0.15) is 0 Å². The summed E-state index contributed by atoms with van der Waals surface area (Å²) in [6, 6.07) is 0. The molecule has 0 bridgehead atoms. The zero-order valence-electron chi connectivity index (χ0n) is 26.3. The predicted molar refractivity (Wildman–Crippen MR) is 157 cm³/mol. The van der Waals surface area contributed by atoms with E-state index >= 15 is 0 Å². The fourth-order valence-electron chi connectivity index (χ4n) is 9.02. The molecule has 3 aliphatic carbocycles. The van der Waals surface area contributed by atoms with E-state index in [4.69, 9.17) is 18.9 Å². The highest BCUT2D eigenvalue weighted by Crippen LogP contribution is 2.64. The van der Waals surface area contributed by atoms with Crippen LogP contribution in [-0.2, 0) is 18.9 Å². The SMILES string of the molecule is C=C[C@@]1(C)CC[C@H]2C(=CC[C@@H]3[C@]2(C)C[C@@H](O)[C@H](O[C@@H]2O[C@H](CO)[C@@H](O[C@H]4O[C@H](CO)[C@@H](O)[C@H](O)[C@H]4O)[C@@H](O)[C@@H]2O)[C@]3(C)CO)C1. The zero-order valence-corrected chi connectivity index (χ0v) is 26.3. The summed E-state index contributed by atoms with van der Waals surface area (Å²) < 4.78 is 23.1. The summed E-state index contributed by atoms with van der Waals surface area (Å²) in [5.41, 5.74) is 0.0975. The number of rotatable bonds is 8. The van der Waals surface area contributed by atoms with Gasteiger partial charge in [-0.3, -0.25) is 0 Å². The second-order valence-electron chi connectivity index (χ2n) is 14.7. The Labute approximate surface area is 263 Å². The van der Waals surface area contributed by atoms with Crippen LogP contribution in [0.1, 0.15) is 52.9 Å². The van der Waals surface area contributed by atoms with Gasteiger partial charge < -0.3 is 64.9 Å². The Bertz CT molecular complexity index is 1090. The van der Waals surface area contributed by atoms with Crippen molar-refractivity contribution in [2.45, 2.75) is 126 Å². The van der Waals surface area contributed by atoms with Crippen LogP contribution >= 0.6 is 0 Å². The van der Waals surface area contributed by atoms with Gasteiger partial charge in [-0.25, -0.2) is 0 Å². The quantitative estimate of drug-likeness (QED) is 0.141. The number of aliphatic hydroxyl groups excluding tert-OH is 9. The molecule has 5 aliphatic rings. The predicted octanol–water partition coefficient (Wildman–Crippen LogP) is -1.30. The van der Waals surface area contributed by atoms with E-state index < -0.39 is 92.2 Å². The van der Waals surface area contributed by atoms with E-state index in [-0.39, 0.29) is 29.3 Å². The largest absolute Gasteiger partial charge is 0.396 e. The van der Waals surface area contributed by atoms with Crippen molar-refractivity contribution in [3.63, 3.8) is 0 Å². The minimum Gasteiger partial charge on any atom is -0.396 e. The van der Waals surface area contributed by atoms with Gasteiger partial charge in [0.2, 0.25) is 0 Å². The fourth-order valence-corrected chi connectivity index (χ4v) is 9.02. The van der Waals surface area contributed by atoms with Crippen molar-refractivity contribution in [3.8, 4) is 0 Å². The summed E-state index contributed by atoms with van der Waals surface area (Å²) in [6.45, 7) is 8.57. The first-order valence-corrected chi connectivity index (χ1v) is 16.0. The average Bonchev–Trinajstić information content (AvgIpc) is 3.01. The van der Waals surface area contributed by atoms with E-state index in [0.717, 1.165) is 19.3 Å². The molecule has 13 nitrogen and oxygen atoms in total. The maximum absolute atomic E-state index is 11.6. The average molecular weight is 645 g/mol. The van der Waals surface area contributed by atoms with Crippen molar-refractivity contribution in [1.29, 1.82) is 0 Å².